The van der Waals surface area contributed by atoms with E-state index in [0.717, 1.165) is 28.6 Å². The smallest absolute Gasteiger partial charge is 0.294 e. The lowest BCUT2D eigenvalue weighted by Gasteiger charge is -2.12. The molecule has 4 amide bonds. The quantitative estimate of drug-likeness (QED) is 0.611. The van der Waals surface area contributed by atoms with Gasteiger partial charge in [0.25, 0.3) is 17.1 Å². The Morgan fingerprint density at radius 1 is 1.13 bits per heavy atom. The minimum Gasteiger partial charge on any atom is -0.483 e. The molecule has 0 spiro atoms. The SMILES string of the molecule is CCc1ccc(NC(=O)CN2C(=O)S/C(=C/c3ccccc3OCC(N)=O)C2=O)cc1. The Kier molecular flexibility index (Phi) is 7.09. The molecule has 0 unspecified atom stereocenters. The lowest BCUT2D eigenvalue weighted by Crippen LogP contribution is -2.36. The Morgan fingerprint density at radius 3 is 2.52 bits per heavy atom. The molecule has 1 heterocycles. The fraction of sp³-hybridized carbons (Fsp3) is 0.182. The summed E-state index contributed by atoms with van der Waals surface area (Å²) in [5, 5.41) is 2.15. The van der Waals surface area contributed by atoms with Crippen molar-refractivity contribution in [1.82, 2.24) is 4.90 Å². The number of rotatable bonds is 8. The van der Waals surface area contributed by atoms with E-state index in [-0.39, 0.29) is 11.5 Å². The van der Waals surface area contributed by atoms with Crippen molar-refractivity contribution in [1.29, 1.82) is 0 Å². The number of anilines is 1. The molecule has 0 saturated carbocycles. The van der Waals surface area contributed by atoms with Gasteiger partial charge in [-0.05, 0) is 48.0 Å². The summed E-state index contributed by atoms with van der Waals surface area (Å²) in [5.41, 5.74) is 7.33. The third-order valence-corrected chi connectivity index (χ3v) is 5.30. The Labute approximate surface area is 183 Å². The first-order valence-electron chi connectivity index (χ1n) is 9.51. The maximum atomic E-state index is 12.7. The number of imide groups is 1. The van der Waals surface area contributed by atoms with Gasteiger partial charge in [-0.25, -0.2) is 0 Å². The van der Waals surface area contributed by atoms with Crippen LogP contribution in [-0.4, -0.2) is 41.0 Å². The molecule has 0 aromatic heterocycles. The number of carbonyl (C=O) groups excluding carboxylic acids is 4. The number of nitrogens with zero attached hydrogens (tertiary/aromatic N) is 1. The molecular formula is C22H21N3O5S. The Morgan fingerprint density at radius 2 is 1.84 bits per heavy atom. The number of hydrogen-bond donors (Lipinski definition) is 2. The van der Waals surface area contributed by atoms with E-state index in [1.807, 2.05) is 19.1 Å². The highest BCUT2D eigenvalue weighted by atomic mass is 32.2. The zero-order chi connectivity index (χ0) is 22.4. The minimum absolute atomic E-state index is 0.153. The summed E-state index contributed by atoms with van der Waals surface area (Å²) in [4.78, 5) is 49.3. The van der Waals surface area contributed by atoms with Gasteiger partial charge in [-0.1, -0.05) is 37.3 Å². The van der Waals surface area contributed by atoms with E-state index < -0.39 is 29.5 Å². The van der Waals surface area contributed by atoms with Gasteiger partial charge in [0.1, 0.15) is 12.3 Å². The zero-order valence-corrected chi connectivity index (χ0v) is 17.6. The van der Waals surface area contributed by atoms with Crippen LogP contribution in [0.3, 0.4) is 0 Å². The fourth-order valence-corrected chi connectivity index (χ4v) is 3.65. The molecule has 1 aliphatic rings. The van der Waals surface area contributed by atoms with Crippen molar-refractivity contribution in [3.05, 3.63) is 64.6 Å². The largest absolute Gasteiger partial charge is 0.483 e. The van der Waals surface area contributed by atoms with Crippen molar-refractivity contribution in [2.24, 2.45) is 5.73 Å². The number of aryl methyl sites for hydroxylation is 1. The summed E-state index contributed by atoms with van der Waals surface area (Å²) in [5.74, 6) is -1.33. The highest BCUT2D eigenvalue weighted by Crippen LogP contribution is 2.33. The predicted molar refractivity (Wildman–Crippen MR) is 118 cm³/mol. The van der Waals surface area contributed by atoms with Gasteiger partial charge in [-0.15, -0.1) is 0 Å². The number of carbonyl (C=O) groups is 4. The number of benzene rings is 2. The van der Waals surface area contributed by atoms with Crippen molar-refractivity contribution in [2.75, 3.05) is 18.5 Å². The van der Waals surface area contributed by atoms with Crippen LogP contribution in [0.1, 0.15) is 18.1 Å². The number of thioether (sulfide) groups is 1. The summed E-state index contributed by atoms with van der Waals surface area (Å²) in [7, 11) is 0. The molecule has 0 atom stereocenters. The maximum absolute atomic E-state index is 12.7. The van der Waals surface area contributed by atoms with E-state index in [1.165, 1.54) is 6.08 Å². The minimum atomic E-state index is -0.634. The molecule has 1 saturated heterocycles. The lowest BCUT2D eigenvalue weighted by atomic mass is 10.1. The van der Waals surface area contributed by atoms with Crippen molar-refractivity contribution in [3.63, 3.8) is 0 Å². The third kappa shape index (κ3) is 5.73. The van der Waals surface area contributed by atoms with Gasteiger partial charge < -0.3 is 15.8 Å². The van der Waals surface area contributed by atoms with Crippen LogP contribution in [0.2, 0.25) is 0 Å². The molecule has 3 rings (SSSR count). The van der Waals surface area contributed by atoms with Gasteiger partial charge in [0.05, 0.1) is 4.91 Å². The van der Waals surface area contributed by atoms with Crippen molar-refractivity contribution < 1.29 is 23.9 Å². The summed E-state index contributed by atoms with van der Waals surface area (Å²) < 4.78 is 5.34. The average Bonchev–Trinajstić information content (AvgIpc) is 3.01. The van der Waals surface area contributed by atoms with Gasteiger partial charge in [0, 0.05) is 11.3 Å². The van der Waals surface area contributed by atoms with Crippen LogP contribution in [0, 0.1) is 0 Å². The molecule has 1 aliphatic heterocycles. The fourth-order valence-electron chi connectivity index (χ4n) is 2.83. The number of ether oxygens (including phenoxy) is 1. The first-order chi connectivity index (χ1) is 14.9. The van der Waals surface area contributed by atoms with E-state index in [2.05, 4.69) is 5.32 Å². The van der Waals surface area contributed by atoms with Crippen LogP contribution < -0.4 is 15.8 Å². The average molecular weight is 439 g/mol. The second-order valence-electron chi connectivity index (χ2n) is 6.66. The molecule has 0 bridgehead atoms. The van der Waals surface area contributed by atoms with Crippen LogP contribution in [0.15, 0.2) is 53.4 Å². The second-order valence-corrected chi connectivity index (χ2v) is 7.65. The van der Waals surface area contributed by atoms with E-state index >= 15 is 0 Å². The number of nitrogens with two attached hydrogens (primary N) is 1. The normalized spacial score (nSPS) is 14.7. The number of amides is 4. The van der Waals surface area contributed by atoms with Crippen LogP contribution >= 0.6 is 11.8 Å². The molecule has 3 N–H and O–H groups in total. The summed E-state index contributed by atoms with van der Waals surface area (Å²) in [6.07, 6.45) is 2.37. The van der Waals surface area contributed by atoms with Gasteiger partial charge in [0.2, 0.25) is 5.91 Å². The molecule has 160 valence electrons. The van der Waals surface area contributed by atoms with E-state index in [0.29, 0.717) is 17.0 Å². The lowest BCUT2D eigenvalue weighted by molar-refractivity contribution is -0.127. The van der Waals surface area contributed by atoms with Gasteiger partial charge in [0.15, 0.2) is 6.61 Å². The highest BCUT2D eigenvalue weighted by Gasteiger charge is 2.36. The Balaban J connectivity index is 1.69. The number of para-hydroxylation sites is 1. The number of hydrogen-bond acceptors (Lipinski definition) is 6. The molecule has 9 heteroatoms. The van der Waals surface area contributed by atoms with E-state index in [1.54, 1.807) is 36.4 Å². The maximum Gasteiger partial charge on any atom is 0.294 e. The first kappa shape index (κ1) is 22.1. The van der Waals surface area contributed by atoms with Crippen molar-refractivity contribution >= 4 is 46.5 Å². The summed E-state index contributed by atoms with van der Waals surface area (Å²) in [6.45, 7) is 1.33. The molecule has 31 heavy (non-hydrogen) atoms. The van der Waals surface area contributed by atoms with E-state index in [9.17, 15) is 19.2 Å². The Hall–Kier alpha value is -3.59. The molecule has 0 radical (unpaired) electrons. The number of primary amides is 1. The van der Waals surface area contributed by atoms with Crippen LogP contribution in [-0.2, 0) is 20.8 Å². The van der Waals surface area contributed by atoms with Crippen molar-refractivity contribution in [2.45, 2.75) is 13.3 Å². The standard InChI is InChI=1S/C22H21N3O5S/c1-2-14-7-9-16(10-8-14)24-20(27)12-25-21(28)18(31-22(25)29)11-15-5-3-4-6-17(15)30-13-19(23)26/h3-11H,2,12-13H2,1H3,(H2,23,26)(H,24,27)/b18-11+. The Bertz CT molecular complexity index is 1050. The summed E-state index contributed by atoms with van der Waals surface area (Å²) in [6, 6.07) is 14.1. The molecule has 8 nitrogen and oxygen atoms in total. The first-order valence-corrected chi connectivity index (χ1v) is 10.3. The molecular weight excluding hydrogens is 418 g/mol. The monoisotopic (exact) mass is 439 g/mol. The zero-order valence-electron chi connectivity index (χ0n) is 16.8. The van der Waals surface area contributed by atoms with E-state index in [4.69, 9.17) is 10.5 Å². The molecule has 0 aliphatic carbocycles. The highest BCUT2D eigenvalue weighted by molar-refractivity contribution is 8.18. The van der Waals surface area contributed by atoms with Crippen LogP contribution in [0.5, 0.6) is 5.75 Å². The van der Waals surface area contributed by atoms with Gasteiger partial charge >= 0.3 is 0 Å². The molecule has 2 aromatic rings. The predicted octanol–water partition coefficient (Wildman–Crippen LogP) is 2.79. The van der Waals surface area contributed by atoms with Crippen LogP contribution in [0.4, 0.5) is 10.5 Å². The van der Waals surface area contributed by atoms with Crippen LogP contribution in [0.25, 0.3) is 6.08 Å². The second kappa shape index (κ2) is 9.94. The van der Waals surface area contributed by atoms with Gasteiger partial charge in [-0.3, -0.25) is 24.1 Å². The third-order valence-electron chi connectivity index (χ3n) is 4.40. The molecule has 2 aromatic carbocycles. The topological polar surface area (TPSA) is 119 Å². The number of nitrogens with one attached hydrogen (secondary N) is 1. The van der Waals surface area contributed by atoms with Gasteiger partial charge in [-0.2, -0.15) is 0 Å². The summed E-state index contributed by atoms with van der Waals surface area (Å²) >= 11 is 0.734. The molecule has 1 fully saturated rings. The van der Waals surface area contributed by atoms with Crippen molar-refractivity contribution in [3.8, 4) is 5.75 Å².